The lowest BCUT2D eigenvalue weighted by molar-refractivity contribution is 0.475. The molecule has 4 rings (SSSR count). The van der Waals surface area contributed by atoms with Crippen LogP contribution >= 0.6 is 11.8 Å². The molecule has 0 amide bonds. The number of aromatic amines is 1. The van der Waals surface area contributed by atoms with Crippen LogP contribution in [-0.2, 0) is 0 Å². The number of benzene rings is 2. The van der Waals surface area contributed by atoms with Gasteiger partial charge in [-0.1, -0.05) is 30.0 Å². The summed E-state index contributed by atoms with van der Waals surface area (Å²) in [4.78, 5) is 13.3. The zero-order valence-corrected chi connectivity index (χ0v) is 13.8. The number of aryl methyl sites for hydroxylation is 1. The Morgan fingerprint density at radius 2 is 1.79 bits per heavy atom. The van der Waals surface area contributed by atoms with Crippen LogP contribution in [0.3, 0.4) is 0 Å². The molecule has 4 nitrogen and oxygen atoms in total. The first-order valence-electron chi connectivity index (χ1n) is 7.57. The van der Waals surface area contributed by atoms with E-state index in [1.165, 1.54) is 10.5 Å². The van der Waals surface area contributed by atoms with Gasteiger partial charge in [0.2, 0.25) is 0 Å². The van der Waals surface area contributed by atoms with E-state index in [9.17, 15) is 5.11 Å². The fraction of sp³-hybridized carbons (Fsp3) is 0.0526. The molecule has 5 heteroatoms. The third-order valence-corrected chi connectivity index (χ3v) is 5.06. The van der Waals surface area contributed by atoms with Crippen LogP contribution in [0.25, 0.3) is 22.3 Å². The summed E-state index contributed by atoms with van der Waals surface area (Å²) in [5.74, 6) is 0.255. The predicted octanol–water partition coefficient (Wildman–Crippen LogP) is 4.79. The summed E-state index contributed by atoms with van der Waals surface area (Å²) < 4.78 is 0. The van der Waals surface area contributed by atoms with Crippen molar-refractivity contribution >= 4 is 22.8 Å². The monoisotopic (exact) mass is 333 g/mol. The van der Waals surface area contributed by atoms with Crippen molar-refractivity contribution in [2.75, 3.05) is 0 Å². The number of rotatable bonds is 3. The molecule has 2 heterocycles. The zero-order valence-electron chi connectivity index (χ0n) is 13.0. The predicted molar refractivity (Wildman–Crippen MR) is 96.3 cm³/mol. The Morgan fingerprint density at radius 3 is 2.58 bits per heavy atom. The van der Waals surface area contributed by atoms with Crippen molar-refractivity contribution in [3.63, 3.8) is 0 Å². The number of hydrogen-bond acceptors (Lipinski definition) is 4. The molecular weight excluding hydrogens is 318 g/mol. The fourth-order valence-electron chi connectivity index (χ4n) is 2.57. The number of H-pyrrole nitrogens is 1. The summed E-state index contributed by atoms with van der Waals surface area (Å²) in [5, 5.41) is 11.4. The molecule has 2 aromatic carbocycles. The Bertz CT molecular complexity index is 1010. The lowest BCUT2D eigenvalue weighted by Gasteiger charge is -2.04. The second-order valence-corrected chi connectivity index (χ2v) is 6.57. The molecule has 0 aliphatic carbocycles. The molecule has 24 heavy (non-hydrogen) atoms. The summed E-state index contributed by atoms with van der Waals surface area (Å²) in [5.41, 5.74) is 3.99. The van der Waals surface area contributed by atoms with Crippen LogP contribution < -0.4 is 0 Å². The number of hydrogen-bond donors (Lipinski definition) is 2. The third-order valence-electron chi connectivity index (χ3n) is 3.87. The largest absolute Gasteiger partial charge is 0.508 e. The van der Waals surface area contributed by atoms with Crippen molar-refractivity contribution in [2.24, 2.45) is 0 Å². The van der Waals surface area contributed by atoms with Gasteiger partial charge in [0, 0.05) is 10.6 Å². The van der Waals surface area contributed by atoms with Gasteiger partial charge in [-0.15, -0.1) is 0 Å². The number of phenolic OH excluding ortho intramolecular Hbond substituents is 1. The van der Waals surface area contributed by atoms with Crippen molar-refractivity contribution in [1.82, 2.24) is 15.0 Å². The minimum Gasteiger partial charge on any atom is -0.508 e. The first kappa shape index (κ1) is 14.8. The summed E-state index contributed by atoms with van der Waals surface area (Å²) in [6.45, 7) is 2.10. The standard InChI is InChI=1S/C19H15N3OS/c1-12-4-2-3-5-17(12)24-19-15-10-16(22-18(15)20-11-21-19)13-6-8-14(23)9-7-13/h2-11,23H,1H3,(H,20,21,22). The van der Waals surface area contributed by atoms with Crippen LogP contribution in [0, 0.1) is 6.92 Å². The second kappa shape index (κ2) is 6.02. The SMILES string of the molecule is Cc1ccccc1Sc1ncnc2[nH]c(-c3ccc(O)cc3)cc12. The molecule has 0 spiro atoms. The van der Waals surface area contributed by atoms with E-state index in [1.54, 1.807) is 30.2 Å². The normalized spacial score (nSPS) is 11.0. The summed E-state index contributed by atoms with van der Waals surface area (Å²) in [7, 11) is 0. The topological polar surface area (TPSA) is 61.8 Å². The summed E-state index contributed by atoms with van der Waals surface area (Å²) >= 11 is 1.64. The average molecular weight is 333 g/mol. The van der Waals surface area contributed by atoms with Gasteiger partial charge in [0.05, 0.1) is 5.39 Å². The Morgan fingerprint density at radius 1 is 1.00 bits per heavy atom. The maximum absolute atomic E-state index is 9.44. The molecule has 0 saturated carbocycles. The van der Waals surface area contributed by atoms with Gasteiger partial charge < -0.3 is 10.1 Å². The molecule has 0 fully saturated rings. The van der Waals surface area contributed by atoms with Crippen molar-refractivity contribution in [3.05, 3.63) is 66.5 Å². The van der Waals surface area contributed by atoms with E-state index in [1.807, 2.05) is 24.3 Å². The van der Waals surface area contributed by atoms with Crippen LogP contribution in [0.2, 0.25) is 0 Å². The average Bonchev–Trinajstić information content (AvgIpc) is 3.03. The molecule has 0 radical (unpaired) electrons. The number of nitrogens with one attached hydrogen (secondary N) is 1. The van der Waals surface area contributed by atoms with Gasteiger partial charge in [-0.3, -0.25) is 0 Å². The van der Waals surface area contributed by atoms with Crippen molar-refractivity contribution in [2.45, 2.75) is 16.8 Å². The molecule has 0 atom stereocenters. The Balaban J connectivity index is 1.77. The molecule has 4 aromatic rings. The first-order chi connectivity index (χ1) is 11.7. The molecule has 0 unspecified atom stereocenters. The highest BCUT2D eigenvalue weighted by molar-refractivity contribution is 7.99. The van der Waals surface area contributed by atoms with Crippen molar-refractivity contribution < 1.29 is 5.11 Å². The van der Waals surface area contributed by atoms with Crippen molar-refractivity contribution in [1.29, 1.82) is 0 Å². The minimum absolute atomic E-state index is 0.255. The lowest BCUT2D eigenvalue weighted by Crippen LogP contribution is -1.86. The number of aromatic hydroxyl groups is 1. The lowest BCUT2D eigenvalue weighted by atomic mass is 10.1. The van der Waals surface area contributed by atoms with Crippen LogP contribution in [0.1, 0.15) is 5.56 Å². The second-order valence-electron chi connectivity index (χ2n) is 5.54. The highest BCUT2D eigenvalue weighted by Gasteiger charge is 2.11. The van der Waals surface area contributed by atoms with Crippen molar-refractivity contribution in [3.8, 4) is 17.0 Å². The van der Waals surface area contributed by atoms with Gasteiger partial charge >= 0.3 is 0 Å². The Hall–Kier alpha value is -2.79. The van der Waals surface area contributed by atoms with E-state index in [4.69, 9.17) is 0 Å². The maximum atomic E-state index is 9.44. The maximum Gasteiger partial charge on any atom is 0.142 e. The van der Waals surface area contributed by atoms with Gasteiger partial charge in [0.15, 0.2) is 0 Å². The molecule has 0 bridgehead atoms. The fourth-order valence-corrected chi connectivity index (χ4v) is 3.52. The number of nitrogens with zero attached hydrogens (tertiary/aromatic N) is 2. The molecule has 0 aliphatic rings. The molecule has 0 aliphatic heterocycles. The summed E-state index contributed by atoms with van der Waals surface area (Å²) in [6, 6.07) is 17.4. The number of aromatic nitrogens is 3. The first-order valence-corrected chi connectivity index (χ1v) is 8.39. The van der Waals surface area contributed by atoms with Crippen LogP contribution in [0.15, 0.2) is 70.8 Å². The molecule has 2 N–H and O–H groups in total. The van der Waals surface area contributed by atoms with E-state index in [2.05, 4.69) is 40.1 Å². The molecular formula is C19H15N3OS. The molecule has 0 saturated heterocycles. The van der Waals surface area contributed by atoms with Crippen LogP contribution in [0.4, 0.5) is 0 Å². The minimum atomic E-state index is 0.255. The van der Waals surface area contributed by atoms with Gasteiger partial charge in [-0.2, -0.15) is 0 Å². The molecule has 2 aromatic heterocycles. The van der Waals surface area contributed by atoms with Gasteiger partial charge in [-0.25, -0.2) is 9.97 Å². The Labute approximate surface area is 143 Å². The highest BCUT2D eigenvalue weighted by Crippen LogP contribution is 2.34. The van der Waals surface area contributed by atoms with Gasteiger partial charge in [0.1, 0.15) is 22.7 Å². The highest BCUT2D eigenvalue weighted by atomic mass is 32.2. The zero-order chi connectivity index (χ0) is 16.5. The van der Waals surface area contributed by atoms with Gasteiger partial charge in [-0.05, 0) is 54.4 Å². The quantitative estimate of drug-likeness (QED) is 0.529. The van der Waals surface area contributed by atoms with E-state index < -0.39 is 0 Å². The van der Waals surface area contributed by atoms with Crippen LogP contribution in [-0.4, -0.2) is 20.1 Å². The summed E-state index contributed by atoms with van der Waals surface area (Å²) in [6.07, 6.45) is 1.58. The van der Waals surface area contributed by atoms with E-state index in [-0.39, 0.29) is 5.75 Å². The number of fused-ring (bicyclic) bond motifs is 1. The third kappa shape index (κ3) is 2.74. The molecule has 118 valence electrons. The number of phenols is 1. The Kier molecular flexibility index (Phi) is 3.70. The van der Waals surface area contributed by atoms with E-state index in [0.29, 0.717) is 0 Å². The van der Waals surface area contributed by atoms with Crippen LogP contribution in [0.5, 0.6) is 5.75 Å². The smallest absolute Gasteiger partial charge is 0.142 e. The van der Waals surface area contributed by atoms with Gasteiger partial charge in [0.25, 0.3) is 0 Å². The van der Waals surface area contributed by atoms with E-state index in [0.717, 1.165) is 27.3 Å². The van der Waals surface area contributed by atoms with E-state index >= 15 is 0 Å².